The van der Waals surface area contributed by atoms with E-state index in [-0.39, 0.29) is 35.3 Å². The van der Waals surface area contributed by atoms with Crippen molar-refractivity contribution in [3.63, 3.8) is 0 Å². The Morgan fingerprint density at radius 3 is 2.82 bits per heavy atom. The van der Waals surface area contributed by atoms with Crippen LogP contribution in [0, 0.1) is 11.8 Å². The fraction of sp³-hybridized carbons (Fsp3) is 0.333. The quantitative estimate of drug-likeness (QED) is 0.323. The number of pyridine rings is 1. The molecule has 4 heterocycles. The number of carbonyl (C=O) groups is 2. The largest absolute Gasteiger partial charge is 0.387 e. The molecule has 176 valence electrons. The van der Waals surface area contributed by atoms with Gasteiger partial charge in [-0.15, -0.1) is 0 Å². The number of aromatic nitrogens is 5. The van der Waals surface area contributed by atoms with E-state index in [1.807, 2.05) is 0 Å². The molecule has 1 aliphatic heterocycles. The molecule has 0 radical (unpaired) electrons. The van der Waals surface area contributed by atoms with Gasteiger partial charge in [-0.1, -0.05) is 5.92 Å². The summed E-state index contributed by atoms with van der Waals surface area (Å²) < 4.78 is 6.93. The number of nitrogens with one attached hydrogen (secondary N) is 1. The number of anilines is 1. The number of carbonyl (C=O) groups excluding carboxylic acids is 2. The van der Waals surface area contributed by atoms with Gasteiger partial charge in [-0.05, 0) is 18.1 Å². The molecule has 4 atom stereocenters. The van der Waals surface area contributed by atoms with Gasteiger partial charge in [0.1, 0.15) is 17.7 Å². The van der Waals surface area contributed by atoms with Gasteiger partial charge >= 0.3 is 0 Å². The van der Waals surface area contributed by atoms with E-state index in [2.05, 4.69) is 37.1 Å². The molecular weight excluding hydrogens is 444 g/mol. The van der Waals surface area contributed by atoms with E-state index in [9.17, 15) is 19.8 Å². The molecule has 1 saturated heterocycles. The van der Waals surface area contributed by atoms with E-state index < -0.39 is 30.4 Å². The summed E-state index contributed by atoms with van der Waals surface area (Å²) in [5.41, 5.74) is 6.87. The second-order valence-electron chi connectivity index (χ2n) is 7.50. The third kappa shape index (κ3) is 4.25. The van der Waals surface area contributed by atoms with Crippen LogP contribution in [-0.2, 0) is 9.53 Å². The van der Waals surface area contributed by atoms with Crippen molar-refractivity contribution in [3.8, 4) is 11.8 Å². The smallest absolute Gasteiger partial charge is 0.255 e. The van der Waals surface area contributed by atoms with Gasteiger partial charge in [0.05, 0.1) is 18.4 Å². The lowest BCUT2D eigenvalue weighted by atomic mass is 10.1. The van der Waals surface area contributed by atoms with Crippen molar-refractivity contribution in [2.45, 2.75) is 24.5 Å². The van der Waals surface area contributed by atoms with Crippen LogP contribution < -0.4 is 11.1 Å². The molecule has 2 amide bonds. The number of hydrogen-bond acceptors (Lipinski definition) is 10. The van der Waals surface area contributed by atoms with Gasteiger partial charge in [0.15, 0.2) is 23.8 Å². The maximum Gasteiger partial charge on any atom is 0.255 e. The third-order valence-electron chi connectivity index (χ3n) is 5.24. The van der Waals surface area contributed by atoms with E-state index in [0.717, 1.165) is 0 Å². The van der Waals surface area contributed by atoms with Gasteiger partial charge in [-0.2, -0.15) is 0 Å². The number of nitrogens with zero attached hydrogens (tertiary/aromatic N) is 6. The summed E-state index contributed by atoms with van der Waals surface area (Å²) in [6.07, 6.45) is -0.911. The molecule has 1 unspecified atom stereocenters. The van der Waals surface area contributed by atoms with Gasteiger partial charge in [0.2, 0.25) is 5.82 Å². The number of ether oxygens (including phenoxy) is 1. The maximum absolute atomic E-state index is 12.4. The first-order chi connectivity index (χ1) is 16.3. The van der Waals surface area contributed by atoms with Crippen molar-refractivity contribution in [1.82, 2.24) is 34.7 Å². The number of hydrogen-bond donors (Lipinski definition) is 4. The minimum atomic E-state index is -1.45. The van der Waals surface area contributed by atoms with Crippen molar-refractivity contribution in [2.75, 3.05) is 26.4 Å². The highest BCUT2D eigenvalue weighted by atomic mass is 16.6. The van der Waals surface area contributed by atoms with Crippen molar-refractivity contribution < 1.29 is 24.5 Å². The van der Waals surface area contributed by atoms with Crippen molar-refractivity contribution in [2.24, 2.45) is 0 Å². The summed E-state index contributed by atoms with van der Waals surface area (Å²) in [4.78, 5) is 42.3. The number of aliphatic hydroxyl groups excluding tert-OH is 2. The predicted molar refractivity (Wildman–Crippen MR) is 118 cm³/mol. The molecule has 3 aromatic heterocycles. The van der Waals surface area contributed by atoms with Crippen LogP contribution in [-0.4, -0.2) is 90.4 Å². The zero-order valence-electron chi connectivity index (χ0n) is 18.3. The highest BCUT2D eigenvalue weighted by molar-refractivity contribution is 5.93. The molecule has 1 aliphatic rings. The summed E-state index contributed by atoms with van der Waals surface area (Å²) in [6, 6.07) is 3.33. The number of nitrogens with two attached hydrogens (primary N) is 1. The number of likely N-dealkylation sites (N-methyl/N-ethyl adjacent to an activating group) is 1. The number of fused-ring (bicyclic) bond motifs is 1. The molecule has 1 fully saturated rings. The Bertz CT molecular complexity index is 1280. The molecule has 13 heteroatoms. The van der Waals surface area contributed by atoms with Gasteiger partial charge in [-0.25, -0.2) is 15.0 Å². The average Bonchev–Trinajstić information content (AvgIpc) is 3.39. The Labute approximate surface area is 193 Å². The second kappa shape index (κ2) is 9.40. The number of rotatable bonds is 4. The Hall–Kier alpha value is -4.12. The lowest BCUT2D eigenvalue weighted by molar-refractivity contribution is -0.137. The SMILES string of the molecule is CNC(=O)[C@H]1O[C@@H](n2cnc3c(N)nc(C#CCN(C)C(=O)c4cccnc4)nc32)C(O)[C@@H]1O. The maximum atomic E-state index is 12.4. The normalized spacial score (nSPS) is 21.6. The Morgan fingerprint density at radius 1 is 1.32 bits per heavy atom. The summed E-state index contributed by atoms with van der Waals surface area (Å²) in [5, 5.41) is 23.0. The summed E-state index contributed by atoms with van der Waals surface area (Å²) in [5.74, 6) is 4.86. The molecule has 13 nitrogen and oxygen atoms in total. The number of nitrogen functional groups attached to an aromatic ring is 1. The topological polar surface area (TPSA) is 182 Å². The van der Waals surface area contributed by atoms with Crippen LogP contribution in [0.1, 0.15) is 22.4 Å². The number of amides is 2. The van der Waals surface area contributed by atoms with Crippen molar-refractivity contribution in [3.05, 3.63) is 42.2 Å². The first-order valence-corrected chi connectivity index (χ1v) is 10.2. The third-order valence-corrected chi connectivity index (χ3v) is 5.24. The lowest BCUT2D eigenvalue weighted by Crippen LogP contribution is -2.41. The highest BCUT2D eigenvalue weighted by Gasteiger charge is 2.47. The van der Waals surface area contributed by atoms with Gasteiger partial charge in [-0.3, -0.25) is 19.1 Å². The Kier molecular flexibility index (Phi) is 6.37. The molecule has 4 rings (SSSR count). The van der Waals surface area contributed by atoms with Gasteiger partial charge in [0.25, 0.3) is 11.8 Å². The van der Waals surface area contributed by atoms with Crippen molar-refractivity contribution in [1.29, 1.82) is 0 Å². The van der Waals surface area contributed by atoms with E-state index in [4.69, 9.17) is 10.5 Å². The van der Waals surface area contributed by atoms with Gasteiger partial charge in [0, 0.05) is 26.5 Å². The monoisotopic (exact) mass is 466 g/mol. The molecule has 0 aromatic carbocycles. The molecule has 3 aromatic rings. The van der Waals surface area contributed by atoms with Crippen LogP contribution in [0.2, 0.25) is 0 Å². The summed E-state index contributed by atoms with van der Waals surface area (Å²) in [6.45, 7) is 0.0960. The molecule has 0 saturated carbocycles. The standard InChI is InChI=1S/C21H22N8O5/c1-23-19(32)16-14(30)15(31)21(34-16)29-10-25-13-17(22)26-12(27-18(13)29)6-4-8-28(2)20(33)11-5-3-7-24-9-11/h3,5,7,9-10,14-16,21,30-31H,8H2,1-2H3,(H,23,32)(H2,22,26,27)/t14-,15?,16-,21+/m0/s1. The average molecular weight is 466 g/mol. The number of aliphatic hydroxyl groups is 2. The van der Waals surface area contributed by atoms with Crippen LogP contribution in [0.3, 0.4) is 0 Å². The van der Waals surface area contributed by atoms with Crippen molar-refractivity contribution >= 4 is 28.8 Å². The van der Waals surface area contributed by atoms with Crippen LogP contribution in [0.25, 0.3) is 11.2 Å². The zero-order valence-corrected chi connectivity index (χ0v) is 18.3. The summed E-state index contributed by atoms with van der Waals surface area (Å²) in [7, 11) is 3.00. The van der Waals surface area contributed by atoms with E-state index in [1.54, 1.807) is 25.4 Å². The molecule has 0 bridgehead atoms. The Balaban J connectivity index is 1.57. The molecule has 34 heavy (non-hydrogen) atoms. The molecule has 5 N–H and O–H groups in total. The van der Waals surface area contributed by atoms with E-state index >= 15 is 0 Å². The van der Waals surface area contributed by atoms with E-state index in [1.165, 1.54) is 29.0 Å². The molecular formula is C21H22N8O5. The minimum absolute atomic E-state index is 0.0451. The number of imidazole rings is 1. The minimum Gasteiger partial charge on any atom is -0.387 e. The van der Waals surface area contributed by atoms with Crippen LogP contribution in [0.15, 0.2) is 30.9 Å². The Morgan fingerprint density at radius 2 is 2.12 bits per heavy atom. The first-order valence-electron chi connectivity index (χ1n) is 10.2. The highest BCUT2D eigenvalue weighted by Crippen LogP contribution is 2.32. The van der Waals surface area contributed by atoms with E-state index in [0.29, 0.717) is 5.56 Å². The lowest BCUT2D eigenvalue weighted by Gasteiger charge is -2.16. The van der Waals surface area contributed by atoms with Crippen LogP contribution in [0.4, 0.5) is 5.82 Å². The van der Waals surface area contributed by atoms with Gasteiger partial charge < -0.3 is 30.9 Å². The first kappa shape index (κ1) is 23.1. The fourth-order valence-electron chi connectivity index (χ4n) is 3.45. The predicted octanol–water partition coefficient (Wildman–Crippen LogP) is -1.71. The second-order valence-corrected chi connectivity index (χ2v) is 7.50. The molecule has 0 spiro atoms. The van der Waals surface area contributed by atoms with Crippen LogP contribution in [0.5, 0.6) is 0 Å². The van der Waals surface area contributed by atoms with Crippen LogP contribution >= 0.6 is 0 Å². The molecule has 0 aliphatic carbocycles. The zero-order chi connectivity index (χ0) is 24.4. The summed E-state index contributed by atoms with van der Waals surface area (Å²) >= 11 is 0. The fourth-order valence-corrected chi connectivity index (χ4v) is 3.45.